The van der Waals surface area contributed by atoms with Crippen LogP contribution in [-0.2, 0) is 4.79 Å². The first kappa shape index (κ1) is 25.9. The summed E-state index contributed by atoms with van der Waals surface area (Å²) in [4.78, 5) is 25.9. The number of aromatic nitrogens is 3. The van der Waals surface area contributed by atoms with Crippen LogP contribution in [0.25, 0.3) is 16.7 Å². The summed E-state index contributed by atoms with van der Waals surface area (Å²) in [6.45, 7) is 5.39. The molecule has 1 aliphatic heterocycles. The van der Waals surface area contributed by atoms with Crippen LogP contribution in [0.5, 0.6) is 0 Å². The number of imidazole rings is 1. The standard InChI is InChI=1S/C29H28F3N7O/c1-17-15-37(27(40)29(16-33)8-9-29)12-13-38(17)19-6-7-23-22(14-19)26(36-28-34-10-11-39(23)28)35-18(2)20-4-3-5-21(24(20)30)25(31)32/h3-7,10-11,14,17-18,25H,8-9,12-13,15H2,1-2H3,(H,34,35,36). The molecule has 206 valence electrons. The van der Waals surface area contributed by atoms with Gasteiger partial charge in [0.25, 0.3) is 6.43 Å². The number of fused-ring (bicyclic) bond motifs is 3. The summed E-state index contributed by atoms with van der Waals surface area (Å²) in [6, 6.07) is 11.5. The molecule has 2 unspecified atom stereocenters. The molecule has 40 heavy (non-hydrogen) atoms. The van der Waals surface area contributed by atoms with E-state index >= 15 is 0 Å². The minimum Gasteiger partial charge on any atom is -0.365 e. The number of hydrogen-bond donors (Lipinski definition) is 1. The molecular weight excluding hydrogens is 519 g/mol. The fraction of sp³-hybridized carbons (Fsp3) is 0.379. The van der Waals surface area contributed by atoms with Crippen LogP contribution in [0.15, 0.2) is 48.8 Å². The second-order valence-electron chi connectivity index (χ2n) is 10.7. The maximum Gasteiger partial charge on any atom is 0.266 e. The quantitative estimate of drug-likeness (QED) is 0.344. The normalized spacial score (nSPS) is 19.2. The van der Waals surface area contributed by atoms with E-state index < -0.39 is 29.3 Å². The van der Waals surface area contributed by atoms with Crippen molar-refractivity contribution in [3.8, 4) is 6.07 Å². The molecular formula is C29H28F3N7O. The van der Waals surface area contributed by atoms with Gasteiger partial charge in [0.15, 0.2) is 0 Å². The number of rotatable bonds is 6. The summed E-state index contributed by atoms with van der Waals surface area (Å²) < 4.78 is 43.4. The second kappa shape index (κ2) is 9.70. The Morgan fingerprint density at radius 3 is 2.67 bits per heavy atom. The minimum atomic E-state index is -2.91. The highest BCUT2D eigenvalue weighted by molar-refractivity contribution is 5.94. The lowest BCUT2D eigenvalue weighted by atomic mass is 10.0. The summed E-state index contributed by atoms with van der Waals surface area (Å²) in [5, 5.41) is 13.4. The lowest BCUT2D eigenvalue weighted by Gasteiger charge is -2.42. The molecule has 2 atom stereocenters. The van der Waals surface area contributed by atoms with Crippen LogP contribution in [0.1, 0.15) is 50.3 Å². The molecule has 11 heteroatoms. The summed E-state index contributed by atoms with van der Waals surface area (Å²) in [5.74, 6) is -0.106. The highest BCUT2D eigenvalue weighted by atomic mass is 19.3. The van der Waals surface area contributed by atoms with E-state index in [1.54, 1.807) is 24.2 Å². The molecule has 4 aromatic rings. The van der Waals surface area contributed by atoms with Crippen molar-refractivity contribution in [2.75, 3.05) is 29.9 Å². The van der Waals surface area contributed by atoms with Crippen molar-refractivity contribution in [3.05, 3.63) is 65.7 Å². The molecule has 1 amide bonds. The van der Waals surface area contributed by atoms with Gasteiger partial charge in [-0.25, -0.2) is 18.2 Å². The Hall–Kier alpha value is -4.33. The SMILES string of the molecule is CC(Nc1nc2nccn2c2ccc(N3CCN(C(=O)C4(C#N)CC4)CC3C)cc12)c1cccc(C(F)F)c1F. The largest absolute Gasteiger partial charge is 0.365 e. The first-order valence-electron chi connectivity index (χ1n) is 13.3. The molecule has 0 bridgehead atoms. The van der Waals surface area contributed by atoms with Crippen LogP contribution >= 0.6 is 0 Å². The fourth-order valence-electron chi connectivity index (χ4n) is 5.62. The number of nitrogens with one attached hydrogen (secondary N) is 1. The third kappa shape index (κ3) is 4.28. The predicted molar refractivity (Wildman–Crippen MR) is 145 cm³/mol. The molecule has 1 saturated carbocycles. The van der Waals surface area contributed by atoms with Gasteiger partial charge in [-0.15, -0.1) is 0 Å². The van der Waals surface area contributed by atoms with Gasteiger partial charge in [-0.2, -0.15) is 10.2 Å². The Morgan fingerprint density at radius 1 is 1.20 bits per heavy atom. The van der Waals surface area contributed by atoms with Crippen LogP contribution in [0.4, 0.5) is 24.7 Å². The Balaban J connectivity index is 1.32. The second-order valence-corrected chi connectivity index (χ2v) is 10.7. The molecule has 6 rings (SSSR count). The number of carbonyl (C=O) groups excluding carboxylic acids is 1. The topological polar surface area (TPSA) is 89.6 Å². The van der Waals surface area contributed by atoms with Crippen molar-refractivity contribution in [2.24, 2.45) is 5.41 Å². The molecule has 2 aliphatic rings. The number of anilines is 2. The number of alkyl halides is 2. The first-order chi connectivity index (χ1) is 19.2. The molecule has 1 aliphatic carbocycles. The monoisotopic (exact) mass is 547 g/mol. The minimum absolute atomic E-state index is 0.0103. The molecule has 2 aromatic heterocycles. The van der Waals surface area contributed by atoms with E-state index in [9.17, 15) is 23.2 Å². The number of carbonyl (C=O) groups is 1. The highest BCUT2D eigenvalue weighted by Crippen LogP contribution is 2.47. The van der Waals surface area contributed by atoms with Gasteiger partial charge in [-0.1, -0.05) is 18.2 Å². The number of nitrogens with zero attached hydrogens (tertiary/aromatic N) is 6. The lowest BCUT2D eigenvalue weighted by molar-refractivity contribution is -0.135. The van der Waals surface area contributed by atoms with Gasteiger partial charge < -0.3 is 15.1 Å². The maximum atomic E-state index is 14.9. The van der Waals surface area contributed by atoms with E-state index in [0.29, 0.717) is 44.1 Å². The summed E-state index contributed by atoms with van der Waals surface area (Å²) in [6.07, 6.45) is 1.78. The molecule has 0 radical (unpaired) electrons. The van der Waals surface area contributed by atoms with E-state index in [4.69, 9.17) is 0 Å². The zero-order chi connectivity index (χ0) is 28.2. The van der Waals surface area contributed by atoms with Gasteiger partial charge in [-0.3, -0.25) is 9.20 Å². The summed E-state index contributed by atoms with van der Waals surface area (Å²) >= 11 is 0. The molecule has 1 N–H and O–H groups in total. The van der Waals surface area contributed by atoms with Crippen molar-refractivity contribution in [1.29, 1.82) is 5.26 Å². The van der Waals surface area contributed by atoms with Gasteiger partial charge in [0.1, 0.15) is 17.1 Å². The van der Waals surface area contributed by atoms with Crippen LogP contribution in [0, 0.1) is 22.6 Å². The van der Waals surface area contributed by atoms with E-state index in [0.717, 1.165) is 22.7 Å². The molecule has 3 heterocycles. The zero-order valence-corrected chi connectivity index (χ0v) is 22.1. The number of hydrogen-bond acceptors (Lipinski definition) is 6. The smallest absolute Gasteiger partial charge is 0.266 e. The van der Waals surface area contributed by atoms with Crippen molar-refractivity contribution in [3.63, 3.8) is 0 Å². The van der Waals surface area contributed by atoms with E-state index in [1.165, 1.54) is 12.1 Å². The number of piperazine rings is 1. The Labute approximate surface area is 229 Å². The Morgan fingerprint density at radius 2 is 1.98 bits per heavy atom. The summed E-state index contributed by atoms with van der Waals surface area (Å²) in [7, 11) is 0. The maximum absolute atomic E-state index is 14.9. The zero-order valence-electron chi connectivity index (χ0n) is 22.1. The van der Waals surface area contributed by atoms with Gasteiger partial charge in [0, 0.05) is 54.7 Å². The van der Waals surface area contributed by atoms with Crippen LogP contribution in [0.3, 0.4) is 0 Å². The first-order valence-corrected chi connectivity index (χ1v) is 13.3. The third-order valence-corrected chi connectivity index (χ3v) is 8.06. The summed E-state index contributed by atoms with van der Waals surface area (Å²) in [5.41, 5.74) is 0.402. The highest BCUT2D eigenvalue weighted by Gasteiger charge is 2.53. The lowest BCUT2D eigenvalue weighted by Crippen LogP contribution is -2.55. The van der Waals surface area contributed by atoms with Crippen molar-refractivity contribution < 1.29 is 18.0 Å². The van der Waals surface area contributed by atoms with Gasteiger partial charge in [0.05, 0.1) is 23.2 Å². The van der Waals surface area contributed by atoms with Gasteiger partial charge in [-0.05, 0) is 44.9 Å². The average Bonchev–Trinajstić information content (AvgIpc) is 3.61. The van der Waals surface area contributed by atoms with E-state index in [-0.39, 0.29) is 17.5 Å². The third-order valence-electron chi connectivity index (χ3n) is 8.06. The number of halogens is 3. The van der Waals surface area contributed by atoms with Crippen LogP contribution < -0.4 is 10.2 Å². The van der Waals surface area contributed by atoms with Gasteiger partial charge in [0.2, 0.25) is 11.7 Å². The van der Waals surface area contributed by atoms with Crippen LogP contribution in [-0.4, -0.2) is 50.9 Å². The Kier molecular flexibility index (Phi) is 6.28. The molecule has 2 fully saturated rings. The Bertz CT molecular complexity index is 1660. The molecule has 1 saturated heterocycles. The molecule has 8 nitrogen and oxygen atoms in total. The van der Waals surface area contributed by atoms with Gasteiger partial charge >= 0.3 is 0 Å². The average molecular weight is 548 g/mol. The fourth-order valence-corrected chi connectivity index (χ4v) is 5.62. The van der Waals surface area contributed by atoms with E-state index in [2.05, 4.69) is 26.3 Å². The molecule has 0 spiro atoms. The predicted octanol–water partition coefficient (Wildman–Crippen LogP) is 5.47. The van der Waals surface area contributed by atoms with Crippen LogP contribution in [0.2, 0.25) is 0 Å². The van der Waals surface area contributed by atoms with Crippen molar-refractivity contribution >= 4 is 34.1 Å². The number of benzene rings is 2. The van der Waals surface area contributed by atoms with Crippen molar-refractivity contribution in [1.82, 2.24) is 19.3 Å². The van der Waals surface area contributed by atoms with E-state index in [1.807, 2.05) is 29.5 Å². The number of amides is 1. The van der Waals surface area contributed by atoms with Crippen molar-refractivity contribution in [2.45, 2.75) is 45.2 Å². The molecule has 2 aromatic carbocycles. The number of nitriles is 1.